The first kappa shape index (κ1) is 22.0. The molecule has 1 aliphatic carbocycles. The van der Waals surface area contributed by atoms with Gasteiger partial charge in [0.15, 0.2) is 11.6 Å². The number of halogens is 2. The molecule has 7 nitrogen and oxygen atoms in total. The lowest BCUT2D eigenvalue weighted by Crippen LogP contribution is -2.45. The number of carbonyl (C=O) groups is 1. The van der Waals surface area contributed by atoms with Crippen LogP contribution in [0.2, 0.25) is 0 Å². The van der Waals surface area contributed by atoms with Crippen LogP contribution < -0.4 is 15.4 Å². The van der Waals surface area contributed by atoms with E-state index in [0.29, 0.717) is 37.0 Å². The molecule has 0 saturated heterocycles. The first-order chi connectivity index (χ1) is 15.4. The van der Waals surface area contributed by atoms with E-state index in [1.165, 1.54) is 19.2 Å². The number of ether oxygens (including phenoxy) is 1. The van der Waals surface area contributed by atoms with Crippen LogP contribution in [0.25, 0.3) is 11.0 Å². The molecule has 0 bridgehead atoms. The Labute approximate surface area is 184 Å². The van der Waals surface area contributed by atoms with Gasteiger partial charge in [-0.2, -0.15) is 4.39 Å². The number of methoxy groups -OCH3 is 1. The largest absolute Gasteiger partial charge is 0.494 e. The number of nitrogens with zero attached hydrogens (tertiary/aromatic N) is 1. The van der Waals surface area contributed by atoms with Crippen molar-refractivity contribution in [3.05, 3.63) is 59.4 Å². The molecule has 2 amide bonds. The third-order valence-electron chi connectivity index (χ3n) is 5.85. The Bertz CT molecular complexity index is 1060. The van der Waals surface area contributed by atoms with Gasteiger partial charge in [-0.15, -0.1) is 0 Å². The first-order valence-corrected chi connectivity index (χ1v) is 10.6. The lowest BCUT2D eigenvalue weighted by Gasteiger charge is -2.27. The van der Waals surface area contributed by atoms with Gasteiger partial charge >= 0.3 is 6.03 Å². The topological polar surface area (TPSA) is 99.3 Å². The summed E-state index contributed by atoms with van der Waals surface area (Å²) < 4.78 is 33.7. The van der Waals surface area contributed by atoms with E-state index in [1.54, 1.807) is 0 Å². The molecule has 9 heteroatoms. The van der Waals surface area contributed by atoms with Crippen LogP contribution in [-0.4, -0.2) is 40.4 Å². The Balaban J connectivity index is 1.57. The average Bonchev–Trinajstić information content (AvgIpc) is 3.22. The lowest BCUT2D eigenvalue weighted by molar-refractivity contribution is 0.117. The molecular formula is C23H26F2N4O3. The van der Waals surface area contributed by atoms with Crippen LogP contribution >= 0.6 is 0 Å². The minimum atomic E-state index is -1.07. The summed E-state index contributed by atoms with van der Waals surface area (Å²) in [6.45, 7) is 0. The fourth-order valence-corrected chi connectivity index (χ4v) is 4.07. The van der Waals surface area contributed by atoms with Crippen LogP contribution in [0.3, 0.4) is 0 Å². The molecule has 1 saturated carbocycles. The number of hydrogen-bond acceptors (Lipinski definition) is 4. The highest BCUT2D eigenvalue weighted by Crippen LogP contribution is 2.27. The number of aromatic nitrogens is 2. The van der Waals surface area contributed by atoms with Crippen molar-refractivity contribution in [1.29, 1.82) is 0 Å². The standard InChI is InChI=1S/C23H26F2N4O3/c1-32-19-11-6-13(20(24)21(19)25)12-18(22-27-16-4-2-3-5-17(16)28-22)29-23(31)26-14-7-9-15(30)10-8-14/h2-6,11,14-15,18,30H,7-10,12H2,1H3,(H,27,28)(H2,26,29,31). The molecular weight excluding hydrogens is 418 g/mol. The number of amides is 2. The second-order valence-electron chi connectivity index (χ2n) is 8.07. The zero-order valence-electron chi connectivity index (χ0n) is 17.7. The SMILES string of the molecule is COc1ccc(CC(NC(=O)NC2CCC(O)CC2)c2nc3ccccc3[nH]2)c(F)c1F. The van der Waals surface area contributed by atoms with Gasteiger partial charge in [0.1, 0.15) is 5.82 Å². The highest BCUT2D eigenvalue weighted by atomic mass is 19.2. The number of H-pyrrole nitrogens is 1. The van der Waals surface area contributed by atoms with Crippen molar-refractivity contribution in [2.45, 2.75) is 50.3 Å². The quantitative estimate of drug-likeness (QED) is 0.466. The predicted octanol–water partition coefficient (Wildman–Crippen LogP) is 3.74. The molecule has 1 fully saturated rings. The summed E-state index contributed by atoms with van der Waals surface area (Å²) in [6.07, 6.45) is 2.29. The molecule has 3 aromatic rings. The zero-order chi connectivity index (χ0) is 22.7. The summed E-state index contributed by atoms with van der Waals surface area (Å²) >= 11 is 0. The monoisotopic (exact) mass is 444 g/mol. The summed E-state index contributed by atoms with van der Waals surface area (Å²) in [7, 11) is 1.27. The fraction of sp³-hybridized carbons (Fsp3) is 0.391. The predicted molar refractivity (Wildman–Crippen MR) is 115 cm³/mol. The van der Waals surface area contributed by atoms with Gasteiger partial charge in [-0.1, -0.05) is 18.2 Å². The highest BCUT2D eigenvalue weighted by Gasteiger charge is 2.25. The van der Waals surface area contributed by atoms with Gasteiger partial charge in [0.25, 0.3) is 0 Å². The Hall–Kier alpha value is -3.20. The van der Waals surface area contributed by atoms with E-state index in [2.05, 4.69) is 20.6 Å². The minimum absolute atomic E-state index is 0.0105. The number of imidazole rings is 1. The molecule has 1 atom stereocenters. The van der Waals surface area contributed by atoms with Crippen LogP contribution in [0.4, 0.5) is 13.6 Å². The maximum absolute atomic E-state index is 14.6. The number of aromatic amines is 1. The summed E-state index contributed by atoms with van der Waals surface area (Å²) in [6, 6.07) is 8.98. The molecule has 0 spiro atoms. The molecule has 1 heterocycles. The van der Waals surface area contributed by atoms with Crippen LogP contribution in [0.5, 0.6) is 5.75 Å². The summed E-state index contributed by atoms with van der Waals surface area (Å²) in [5, 5.41) is 15.4. The van der Waals surface area contributed by atoms with E-state index in [1.807, 2.05) is 24.3 Å². The van der Waals surface area contributed by atoms with Crippen LogP contribution in [0.15, 0.2) is 36.4 Å². The third kappa shape index (κ3) is 4.83. The number of urea groups is 1. The zero-order valence-corrected chi connectivity index (χ0v) is 17.7. The van der Waals surface area contributed by atoms with E-state index in [4.69, 9.17) is 4.74 Å². The van der Waals surface area contributed by atoms with Crippen LogP contribution in [0.1, 0.15) is 43.1 Å². The molecule has 4 rings (SSSR count). The first-order valence-electron chi connectivity index (χ1n) is 10.6. The van der Waals surface area contributed by atoms with E-state index in [-0.39, 0.29) is 29.9 Å². The average molecular weight is 444 g/mol. The maximum Gasteiger partial charge on any atom is 0.315 e. The highest BCUT2D eigenvalue weighted by molar-refractivity contribution is 5.76. The van der Waals surface area contributed by atoms with E-state index < -0.39 is 23.7 Å². The van der Waals surface area contributed by atoms with Gasteiger partial charge in [-0.25, -0.2) is 14.2 Å². The van der Waals surface area contributed by atoms with Crippen LogP contribution in [-0.2, 0) is 6.42 Å². The number of aliphatic hydroxyl groups is 1. The van der Waals surface area contributed by atoms with Crippen LogP contribution in [0, 0.1) is 11.6 Å². The van der Waals surface area contributed by atoms with E-state index in [9.17, 15) is 18.7 Å². The Morgan fingerprint density at radius 1 is 1.19 bits per heavy atom. The van der Waals surface area contributed by atoms with Crippen molar-refractivity contribution in [2.75, 3.05) is 7.11 Å². The van der Waals surface area contributed by atoms with Crippen molar-refractivity contribution >= 4 is 17.1 Å². The van der Waals surface area contributed by atoms with E-state index >= 15 is 0 Å². The second kappa shape index (κ2) is 9.52. The Morgan fingerprint density at radius 3 is 2.66 bits per heavy atom. The summed E-state index contributed by atoms with van der Waals surface area (Å²) in [5.74, 6) is -1.83. The molecule has 1 aromatic heterocycles. The number of rotatable bonds is 6. The minimum Gasteiger partial charge on any atom is -0.494 e. The maximum atomic E-state index is 14.6. The number of benzene rings is 2. The molecule has 0 aliphatic heterocycles. The van der Waals surface area contributed by atoms with Gasteiger partial charge in [-0.05, 0) is 49.4 Å². The van der Waals surface area contributed by atoms with Crippen molar-refractivity contribution in [3.8, 4) is 5.75 Å². The molecule has 1 unspecified atom stereocenters. The molecule has 4 N–H and O–H groups in total. The van der Waals surface area contributed by atoms with Crippen molar-refractivity contribution in [3.63, 3.8) is 0 Å². The Kier molecular flexibility index (Phi) is 6.55. The number of nitrogens with one attached hydrogen (secondary N) is 3. The smallest absolute Gasteiger partial charge is 0.315 e. The van der Waals surface area contributed by atoms with Gasteiger partial charge in [0.2, 0.25) is 5.82 Å². The normalized spacial score (nSPS) is 19.5. The molecule has 2 aromatic carbocycles. The van der Waals surface area contributed by atoms with Crippen molar-refractivity contribution in [1.82, 2.24) is 20.6 Å². The van der Waals surface area contributed by atoms with Gasteiger partial charge in [0.05, 0.1) is 30.3 Å². The van der Waals surface area contributed by atoms with Crippen molar-refractivity contribution in [2.24, 2.45) is 0 Å². The lowest BCUT2D eigenvalue weighted by atomic mass is 9.93. The van der Waals surface area contributed by atoms with Gasteiger partial charge in [-0.3, -0.25) is 0 Å². The third-order valence-corrected chi connectivity index (χ3v) is 5.85. The Morgan fingerprint density at radius 2 is 1.94 bits per heavy atom. The van der Waals surface area contributed by atoms with Gasteiger partial charge < -0.3 is 25.5 Å². The number of fused-ring (bicyclic) bond motifs is 1. The second-order valence-corrected chi connectivity index (χ2v) is 8.07. The number of carbonyl (C=O) groups excluding carboxylic acids is 1. The van der Waals surface area contributed by atoms with Crippen molar-refractivity contribution < 1.29 is 23.4 Å². The summed E-state index contributed by atoms with van der Waals surface area (Å²) in [4.78, 5) is 20.4. The summed E-state index contributed by atoms with van der Waals surface area (Å²) in [5.41, 5.74) is 1.57. The number of para-hydroxylation sites is 2. The molecule has 32 heavy (non-hydrogen) atoms. The van der Waals surface area contributed by atoms with E-state index in [0.717, 1.165) is 5.52 Å². The number of aliphatic hydroxyl groups excluding tert-OH is 1. The molecule has 170 valence electrons. The van der Waals surface area contributed by atoms with Gasteiger partial charge in [0, 0.05) is 12.5 Å². The molecule has 0 radical (unpaired) electrons. The number of hydrogen-bond donors (Lipinski definition) is 4. The fourth-order valence-electron chi connectivity index (χ4n) is 4.07. The molecule has 1 aliphatic rings.